The molecule has 2 aromatic rings. The van der Waals surface area contributed by atoms with Crippen LogP contribution in [0.15, 0.2) is 36.5 Å². The maximum absolute atomic E-state index is 11.6. The molecule has 1 aromatic carbocycles. The van der Waals surface area contributed by atoms with Crippen LogP contribution in [0.3, 0.4) is 0 Å². The van der Waals surface area contributed by atoms with E-state index in [0.717, 1.165) is 18.5 Å². The molecule has 2 rings (SSSR count). The van der Waals surface area contributed by atoms with Gasteiger partial charge in [0.15, 0.2) is 0 Å². The maximum Gasteiger partial charge on any atom is 0.252 e. The lowest BCUT2D eigenvalue weighted by Gasteiger charge is -2.17. The molecule has 1 heterocycles. The van der Waals surface area contributed by atoms with E-state index in [0.29, 0.717) is 24.5 Å². The number of benzene rings is 1. The third kappa shape index (κ3) is 3.71. The van der Waals surface area contributed by atoms with Crippen LogP contribution in [0.5, 0.6) is 0 Å². The van der Waals surface area contributed by atoms with Gasteiger partial charge in [0.25, 0.3) is 5.91 Å². The molecule has 0 atom stereocenters. The van der Waals surface area contributed by atoms with Gasteiger partial charge in [-0.25, -0.2) is 0 Å². The van der Waals surface area contributed by atoms with Crippen molar-refractivity contribution in [1.29, 1.82) is 5.26 Å². The highest BCUT2D eigenvalue weighted by Gasteiger charge is 2.16. The van der Waals surface area contributed by atoms with E-state index in [1.807, 2.05) is 35.2 Å². The molecule has 1 amide bonds. The third-order valence-corrected chi connectivity index (χ3v) is 3.25. The summed E-state index contributed by atoms with van der Waals surface area (Å²) >= 11 is 0. The van der Waals surface area contributed by atoms with Crippen LogP contribution in [-0.2, 0) is 6.67 Å². The summed E-state index contributed by atoms with van der Waals surface area (Å²) in [6.07, 6.45) is 2.59. The number of carbonyl (C=O) groups excluding carboxylic acids is 1. The number of amides is 1. The Kier molecular flexibility index (Phi) is 5.28. The van der Waals surface area contributed by atoms with E-state index in [1.54, 1.807) is 10.9 Å². The van der Waals surface area contributed by atoms with Gasteiger partial charge in [-0.3, -0.25) is 14.4 Å². The van der Waals surface area contributed by atoms with Crippen LogP contribution < -0.4 is 5.73 Å². The van der Waals surface area contributed by atoms with Gasteiger partial charge in [0.05, 0.1) is 24.8 Å². The van der Waals surface area contributed by atoms with Crippen LogP contribution >= 0.6 is 0 Å². The molecule has 0 radical (unpaired) electrons. The van der Waals surface area contributed by atoms with Gasteiger partial charge in [-0.1, -0.05) is 37.3 Å². The largest absolute Gasteiger partial charge is 0.365 e. The van der Waals surface area contributed by atoms with Crippen molar-refractivity contribution in [2.24, 2.45) is 5.73 Å². The fourth-order valence-corrected chi connectivity index (χ4v) is 2.30. The maximum atomic E-state index is 11.6. The number of nitrogens with zero attached hydrogens (tertiary/aromatic N) is 4. The number of rotatable bonds is 7. The third-order valence-electron chi connectivity index (χ3n) is 3.25. The molecule has 0 bridgehead atoms. The standard InChI is InChI=1S/C16H19N5O/c1-2-9-20(10-8-17)12-21-11-14(16(18)22)15(19-21)13-6-4-3-5-7-13/h3-7,11H,2,9-10,12H2,1H3,(H2,18,22). The molecule has 22 heavy (non-hydrogen) atoms. The fraction of sp³-hybridized carbons (Fsp3) is 0.312. The van der Waals surface area contributed by atoms with Gasteiger partial charge in [0.2, 0.25) is 0 Å². The Morgan fingerprint density at radius 2 is 2.14 bits per heavy atom. The van der Waals surface area contributed by atoms with Crippen molar-refractivity contribution in [3.8, 4) is 17.3 Å². The normalized spacial score (nSPS) is 10.6. The second-order valence-electron chi connectivity index (χ2n) is 5.01. The first-order valence-electron chi connectivity index (χ1n) is 7.17. The Hall–Kier alpha value is -2.65. The molecule has 0 fully saturated rings. The molecule has 0 saturated carbocycles. The molecule has 0 aliphatic heterocycles. The second-order valence-corrected chi connectivity index (χ2v) is 5.01. The molecule has 0 aliphatic carbocycles. The summed E-state index contributed by atoms with van der Waals surface area (Å²) in [5.41, 5.74) is 7.26. The fourth-order valence-electron chi connectivity index (χ4n) is 2.30. The number of nitriles is 1. The van der Waals surface area contributed by atoms with Crippen LogP contribution in [0.4, 0.5) is 0 Å². The molecule has 1 aromatic heterocycles. The van der Waals surface area contributed by atoms with Crippen molar-refractivity contribution in [3.05, 3.63) is 42.1 Å². The zero-order chi connectivity index (χ0) is 15.9. The molecular weight excluding hydrogens is 278 g/mol. The lowest BCUT2D eigenvalue weighted by molar-refractivity contribution is 0.100. The zero-order valence-corrected chi connectivity index (χ0v) is 12.6. The Balaban J connectivity index is 2.31. The van der Waals surface area contributed by atoms with Gasteiger partial charge in [0, 0.05) is 18.3 Å². The van der Waals surface area contributed by atoms with Crippen molar-refractivity contribution >= 4 is 5.91 Å². The minimum Gasteiger partial charge on any atom is -0.365 e. The van der Waals surface area contributed by atoms with Crippen LogP contribution in [0.25, 0.3) is 11.3 Å². The number of aromatic nitrogens is 2. The molecule has 2 N–H and O–H groups in total. The number of nitrogens with two attached hydrogens (primary N) is 1. The highest BCUT2D eigenvalue weighted by Crippen LogP contribution is 2.21. The van der Waals surface area contributed by atoms with Crippen molar-refractivity contribution < 1.29 is 4.79 Å². The summed E-state index contributed by atoms with van der Waals surface area (Å²) in [5, 5.41) is 13.3. The predicted molar refractivity (Wildman–Crippen MR) is 83.7 cm³/mol. The van der Waals surface area contributed by atoms with Crippen LogP contribution in [-0.4, -0.2) is 33.7 Å². The minimum atomic E-state index is -0.507. The lowest BCUT2D eigenvalue weighted by Crippen LogP contribution is -2.28. The Morgan fingerprint density at radius 3 is 2.73 bits per heavy atom. The van der Waals surface area contributed by atoms with Gasteiger partial charge in [-0.05, 0) is 6.42 Å². The number of hydrogen-bond acceptors (Lipinski definition) is 4. The van der Waals surface area contributed by atoms with Crippen molar-refractivity contribution in [2.75, 3.05) is 13.1 Å². The van der Waals surface area contributed by atoms with Crippen molar-refractivity contribution in [2.45, 2.75) is 20.0 Å². The average molecular weight is 297 g/mol. The summed E-state index contributed by atoms with van der Waals surface area (Å²) in [4.78, 5) is 13.6. The van der Waals surface area contributed by atoms with Gasteiger partial charge in [-0.15, -0.1) is 0 Å². The predicted octanol–water partition coefficient (Wildman–Crippen LogP) is 1.84. The number of hydrogen-bond donors (Lipinski definition) is 1. The van der Waals surface area contributed by atoms with E-state index in [-0.39, 0.29) is 0 Å². The summed E-state index contributed by atoms with van der Waals surface area (Å²) in [6, 6.07) is 11.6. The van der Waals surface area contributed by atoms with Crippen molar-refractivity contribution in [1.82, 2.24) is 14.7 Å². The average Bonchev–Trinajstić information content (AvgIpc) is 2.93. The van der Waals surface area contributed by atoms with Gasteiger partial charge < -0.3 is 5.73 Å². The summed E-state index contributed by atoms with van der Waals surface area (Å²) < 4.78 is 1.66. The minimum absolute atomic E-state index is 0.320. The highest BCUT2D eigenvalue weighted by atomic mass is 16.1. The zero-order valence-electron chi connectivity index (χ0n) is 12.6. The summed E-state index contributed by atoms with van der Waals surface area (Å²) in [5.74, 6) is -0.507. The Bertz CT molecular complexity index is 672. The van der Waals surface area contributed by atoms with Gasteiger partial charge in [-0.2, -0.15) is 10.4 Å². The Labute approximate surface area is 129 Å². The van der Waals surface area contributed by atoms with E-state index in [4.69, 9.17) is 11.0 Å². The first-order chi connectivity index (χ1) is 10.7. The van der Waals surface area contributed by atoms with Crippen LogP contribution in [0, 0.1) is 11.3 Å². The van der Waals surface area contributed by atoms with E-state index in [9.17, 15) is 4.79 Å². The smallest absolute Gasteiger partial charge is 0.252 e. The molecule has 0 aliphatic rings. The Morgan fingerprint density at radius 1 is 1.41 bits per heavy atom. The monoisotopic (exact) mass is 297 g/mol. The first kappa shape index (κ1) is 15.7. The van der Waals surface area contributed by atoms with E-state index >= 15 is 0 Å². The molecule has 0 saturated heterocycles. The molecular formula is C16H19N5O. The van der Waals surface area contributed by atoms with Crippen LogP contribution in [0.2, 0.25) is 0 Å². The van der Waals surface area contributed by atoms with E-state index < -0.39 is 5.91 Å². The second kappa shape index (κ2) is 7.38. The number of carbonyl (C=O) groups is 1. The number of primary amides is 1. The van der Waals surface area contributed by atoms with Crippen molar-refractivity contribution in [3.63, 3.8) is 0 Å². The molecule has 6 nitrogen and oxygen atoms in total. The molecule has 6 heteroatoms. The molecule has 114 valence electrons. The SMILES string of the molecule is CCCN(CC#N)Cn1cc(C(N)=O)c(-c2ccccc2)n1. The molecule has 0 spiro atoms. The topological polar surface area (TPSA) is 87.9 Å². The van der Waals surface area contributed by atoms with Crippen LogP contribution in [0.1, 0.15) is 23.7 Å². The van der Waals surface area contributed by atoms with E-state index in [2.05, 4.69) is 18.1 Å². The van der Waals surface area contributed by atoms with Gasteiger partial charge in [0.1, 0.15) is 5.69 Å². The lowest BCUT2D eigenvalue weighted by atomic mass is 10.1. The quantitative estimate of drug-likeness (QED) is 0.790. The summed E-state index contributed by atoms with van der Waals surface area (Å²) in [6.45, 7) is 3.62. The molecule has 0 unspecified atom stereocenters. The first-order valence-corrected chi connectivity index (χ1v) is 7.17. The van der Waals surface area contributed by atoms with E-state index in [1.165, 1.54) is 0 Å². The van der Waals surface area contributed by atoms with Gasteiger partial charge >= 0.3 is 0 Å². The summed E-state index contributed by atoms with van der Waals surface area (Å²) in [7, 11) is 0. The highest BCUT2D eigenvalue weighted by molar-refractivity contribution is 5.98.